The molecular weight excluding hydrogens is 343 g/mol. The van der Waals surface area contributed by atoms with Gasteiger partial charge >= 0.3 is 0 Å². The van der Waals surface area contributed by atoms with Gasteiger partial charge in [0.25, 0.3) is 5.91 Å². The van der Waals surface area contributed by atoms with Gasteiger partial charge in [0.05, 0.1) is 10.6 Å². The third-order valence-corrected chi connectivity index (χ3v) is 3.72. The lowest BCUT2D eigenvalue weighted by molar-refractivity contribution is 0.0954. The van der Waals surface area contributed by atoms with Crippen LogP contribution in [0.3, 0.4) is 0 Å². The zero-order valence-corrected chi connectivity index (χ0v) is 14.6. The van der Waals surface area contributed by atoms with Crippen LogP contribution in [0.2, 0.25) is 5.02 Å². The van der Waals surface area contributed by atoms with Crippen LogP contribution in [0, 0.1) is 5.82 Å². The standard InChI is InChI=1S/C18H20ClFN4O/c1-21-18(24-12-13-5-4-6-14(20)11-13)23-10-9-22-17(25)15-7-2-3-8-16(15)19/h2-8,11H,9-10,12H2,1H3,(H,22,25)(H2,21,23,24). The molecule has 0 aliphatic heterocycles. The molecule has 0 atom stereocenters. The summed E-state index contributed by atoms with van der Waals surface area (Å²) >= 11 is 5.98. The molecular formula is C18H20ClFN4O. The van der Waals surface area contributed by atoms with Crippen molar-refractivity contribution in [1.82, 2.24) is 16.0 Å². The first-order valence-electron chi connectivity index (χ1n) is 7.82. The van der Waals surface area contributed by atoms with Crippen LogP contribution in [0.1, 0.15) is 15.9 Å². The van der Waals surface area contributed by atoms with Gasteiger partial charge in [-0.2, -0.15) is 0 Å². The van der Waals surface area contributed by atoms with E-state index in [4.69, 9.17) is 11.6 Å². The molecule has 7 heteroatoms. The predicted molar refractivity (Wildman–Crippen MR) is 98.4 cm³/mol. The number of nitrogens with zero attached hydrogens (tertiary/aromatic N) is 1. The number of rotatable bonds is 6. The Balaban J connectivity index is 1.72. The van der Waals surface area contributed by atoms with Crippen molar-refractivity contribution in [2.45, 2.75) is 6.54 Å². The molecule has 0 bridgehead atoms. The van der Waals surface area contributed by atoms with Crippen molar-refractivity contribution in [3.05, 3.63) is 70.5 Å². The van der Waals surface area contributed by atoms with Crippen LogP contribution in [0.5, 0.6) is 0 Å². The molecule has 25 heavy (non-hydrogen) atoms. The Bertz CT molecular complexity index is 751. The fourth-order valence-corrected chi connectivity index (χ4v) is 2.37. The molecule has 0 saturated heterocycles. The number of carbonyl (C=O) groups excluding carboxylic acids is 1. The van der Waals surface area contributed by atoms with E-state index in [1.54, 1.807) is 37.4 Å². The van der Waals surface area contributed by atoms with Crippen molar-refractivity contribution < 1.29 is 9.18 Å². The van der Waals surface area contributed by atoms with Gasteiger partial charge < -0.3 is 16.0 Å². The lowest BCUT2D eigenvalue weighted by atomic mass is 10.2. The monoisotopic (exact) mass is 362 g/mol. The van der Waals surface area contributed by atoms with Gasteiger partial charge in [-0.15, -0.1) is 0 Å². The Morgan fingerprint density at radius 3 is 2.56 bits per heavy atom. The molecule has 0 heterocycles. The number of hydrogen-bond donors (Lipinski definition) is 3. The van der Waals surface area contributed by atoms with Crippen LogP contribution in [-0.4, -0.2) is 32.0 Å². The minimum atomic E-state index is -0.274. The summed E-state index contributed by atoms with van der Waals surface area (Å²) in [5.41, 5.74) is 1.26. The molecule has 0 radical (unpaired) electrons. The van der Waals surface area contributed by atoms with E-state index in [1.807, 2.05) is 6.07 Å². The lowest BCUT2D eigenvalue weighted by Crippen LogP contribution is -2.41. The maximum atomic E-state index is 13.1. The van der Waals surface area contributed by atoms with Gasteiger partial charge in [-0.3, -0.25) is 9.79 Å². The smallest absolute Gasteiger partial charge is 0.252 e. The van der Waals surface area contributed by atoms with Crippen molar-refractivity contribution in [3.8, 4) is 0 Å². The molecule has 5 nitrogen and oxygen atoms in total. The zero-order valence-electron chi connectivity index (χ0n) is 13.9. The highest BCUT2D eigenvalue weighted by atomic mass is 35.5. The second-order valence-corrected chi connectivity index (χ2v) is 5.63. The SMILES string of the molecule is CN=C(NCCNC(=O)c1ccccc1Cl)NCc1cccc(F)c1. The third-order valence-electron chi connectivity index (χ3n) is 3.39. The second kappa shape index (κ2) is 9.64. The number of halogens is 2. The van der Waals surface area contributed by atoms with Gasteiger partial charge in [-0.1, -0.05) is 35.9 Å². The van der Waals surface area contributed by atoms with Crippen molar-refractivity contribution >= 4 is 23.5 Å². The van der Waals surface area contributed by atoms with E-state index in [0.29, 0.717) is 36.2 Å². The van der Waals surface area contributed by atoms with E-state index in [1.165, 1.54) is 12.1 Å². The summed E-state index contributed by atoms with van der Waals surface area (Å²) in [4.78, 5) is 16.1. The van der Waals surface area contributed by atoms with E-state index in [-0.39, 0.29) is 11.7 Å². The van der Waals surface area contributed by atoms with Gasteiger partial charge in [-0.25, -0.2) is 4.39 Å². The highest BCUT2D eigenvalue weighted by Crippen LogP contribution is 2.14. The Kier molecular flexibility index (Phi) is 7.22. The van der Waals surface area contributed by atoms with E-state index < -0.39 is 0 Å². The van der Waals surface area contributed by atoms with Crippen LogP contribution >= 0.6 is 11.6 Å². The molecule has 2 aromatic carbocycles. The first kappa shape index (κ1) is 18.7. The number of guanidine groups is 1. The maximum absolute atomic E-state index is 13.1. The lowest BCUT2D eigenvalue weighted by Gasteiger charge is -2.12. The number of benzene rings is 2. The number of amides is 1. The third kappa shape index (κ3) is 6.08. The van der Waals surface area contributed by atoms with Gasteiger partial charge in [0.1, 0.15) is 5.82 Å². The molecule has 0 aromatic heterocycles. The Morgan fingerprint density at radius 2 is 1.84 bits per heavy atom. The van der Waals surface area contributed by atoms with E-state index in [9.17, 15) is 9.18 Å². The van der Waals surface area contributed by atoms with Crippen molar-refractivity contribution in [1.29, 1.82) is 0 Å². The molecule has 1 amide bonds. The molecule has 0 aliphatic rings. The summed E-state index contributed by atoms with van der Waals surface area (Å²) in [6.07, 6.45) is 0. The minimum absolute atomic E-state index is 0.227. The minimum Gasteiger partial charge on any atom is -0.355 e. The fraction of sp³-hybridized carbons (Fsp3) is 0.222. The van der Waals surface area contributed by atoms with E-state index >= 15 is 0 Å². The summed E-state index contributed by atoms with van der Waals surface area (Å²) in [5.74, 6) is 0.0656. The molecule has 0 spiro atoms. The molecule has 132 valence electrons. The summed E-state index contributed by atoms with van der Waals surface area (Å²) in [5, 5.41) is 9.35. The average Bonchev–Trinajstić information content (AvgIpc) is 2.61. The summed E-state index contributed by atoms with van der Waals surface area (Å²) in [6.45, 7) is 1.34. The van der Waals surface area contributed by atoms with Crippen molar-refractivity contribution in [2.24, 2.45) is 4.99 Å². The molecule has 3 N–H and O–H groups in total. The molecule has 0 unspecified atom stereocenters. The van der Waals surface area contributed by atoms with Crippen LogP contribution in [0.4, 0.5) is 4.39 Å². The topological polar surface area (TPSA) is 65.5 Å². The van der Waals surface area contributed by atoms with Crippen LogP contribution in [0.25, 0.3) is 0 Å². The summed E-state index contributed by atoms with van der Waals surface area (Å²) < 4.78 is 13.1. The van der Waals surface area contributed by atoms with Gasteiger partial charge in [0.15, 0.2) is 5.96 Å². The molecule has 0 fully saturated rings. The van der Waals surface area contributed by atoms with Crippen LogP contribution in [0.15, 0.2) is 53.5 Å². The second-order valence-electron chi connectivity index (χ2n) is 5.22. The fourth-order valence-electron chi connectivity index (χ4n) is 2.15. The first-order valence-corrected chi connectivity index (χ1v) is 8.19. The average molecular weight is 363 g/mol. The van der Waals surface area contributed by atoms with Gasteiger partial charge in [0.2, 0.25) is 0 Å². The highest BCUT2D eigenvalue weighted by molar-refractivity contribution is 6.33. The molecule has 2 aromatic rings. The van der Waals surface area contributed by atoms with Gasteiger partial charge in [0, 0.05) is 26.7 Å². The Labute approximate surface area is 151 Å². The zero-order chi connectivity index (χ0) is 18.1. The number of hydrogen-bond acceptors (Lipinski definition) is 2. The maximum Gasteiger partial charge on any atom is 0.252 e. The number of nitrogens with one attached hydrogen (secondary N) is 3. The molecule has 0 aliphatic carbocycles. The van der Waals surface area contributed by atoms with E-state index in [0.717, 1.165) is 5.56 Å². The first-order chi connectivity index (χ1) is 12.1. The normalized spacial score (nSPS) is 11.1. The molecule has 2 rings (SSSR count). The summed E-state index contributed by atoms with van der Waals surface area (Å²) in [6, 6.07) is 13.2. The number of aliphatic imine (C=N–C) groups is 1. The summed E-state index contributed by atoms with van der Waals surface area (Å²) in [7, 11) is 1.64. The highest BCUT2D eigenvalue weighted by Gasteiger charge is 2.08. The van der Waals surface area contributed by atoms with Crippen molar-refractivity contribution in [3.63, 3.8) is 0 Å². The Morgan fingerprint density at radius 1 is 1.08 bits per heavy atom. The van der Waals surface area contributed by atoms with Gasteiger partial charge in [-0.05, 0) is 29.8 Å². The predicted octanol–water partition coefficient (Wildman–Crippen LogP) is 2.57. The molecule has 0 saturated carbocycles. The Hall–Kier alpha value is -2.60. The number of carbonyl (C=O) groups is 1. The largest absolute Gasteiger partial charge is 0.355 e. The van der Waals surface area contributed by atoms with Crippen LogP contribution < -0.4 is 16.0 Å². The van der Waals surface area contributed by atoms with Crippen LogP contribution in [-0.2, 0) is 6.54 Å². The van der Waals surface area contributed by atoms with Crippen molar-refractivity contribution in [2.75, 3.05) is 20.1 Å². The quantitative estimate of drug-likeness (QED) is 0.420. The van der Waals surface area contributed by atoms with E-state index in [2.05, 4.69) is 20.9 Å².